The van der Waals surface area contributed by atoms with E-state index in [4.69, 9.17) is 4.74 Å². The maximum Gasteiger partial charge on any atom is 0.0997 e. The summed E-state index contributed by atoms with van der Waals surface area (Å²) in [5, 5.41) is 0. The Kier molecular flexibility index (Phi) is 1.30. The molecule has 0 aromatic carbocycles. The van der Waals surface area contributed by atoms with E-state index in [1.165, 1.54) is 24.2 Å². The Morgan fingerprint density at radius 3 is 3.40 bits per heavy atom. The third-order valence-electron chi connectivity index (χ3n) is 2.23. The van der Waals surface area contributed by atoms with Crippen molar-refractivity contribution in [2.24, 2.45) is 5.92 Å². The topological polar surface area (TPSA) is 9.23 Å². The average Bonchev–Trinajstić information content (AvgIpc) is 2.33. The van der Waals surface area contributed by atoms with E-state index in [-0.39, 0.29) is 0 Å². The summed E-state index contributed by atoms with van der Waals surface area (Å²) in [6.07, 6.45) is 6.87. The largest absolute Gasteiger partial charge is 0.498 e. The molecule has 0 amide bonds. The number of hydrogen-bond donors (Lipinski definition) is 0. The van der Waals surface area contributed by atoms with Crippen LogP contribution in [0, 0.1) is 5.92 Å². The standard InChI is InChI=1S/C9H12O/c1-7-2-3-8-4-5-10-9(8)6-7/h2,6,8H,3-5H2,1H3. The van der Waals surface area contributed by atoms with Gasteiger partial charge in [0.15, 0.2) is 0 Å². The summed E-state index contributed by atoms with van der Waals surface area (Å²) in [7, 11) is 0. The monoisotopic (exact) mass is 136 g/mol. The van der Waals surface area contributed by atoms with Gasteiger partial charge in [-0.1, -0.05) is 11.6 Å². The highest BCUT2D eigenvalue weighted by Gasteiger charge is 2.23. The molecule has 0 saturated carbocycles. The van der Waals surface area contributed by atoms with Crippen molar-refractivity contribution in [3.63, 3.8) is 0 Å². The Morgan fingerprint density at radius 2 is 2.50 bits per heavy atom. The van der Waals surface area contributed by atoms with E-state index < -0.39 is 0 Å². The molecule has 1 saturated heterocycles. The first kappa shape index (κ1) is 6.02. The van der Waals surface area contributed by atoms with Crippen LogP contribution >= 0.6 is 0 Å². The quantitative estimate of drug-likeness (QED) is 0.496. The zero-order valence-electron chi connectivity index (χ0n) is 6.26. The zero-order chi connectivity index (χ0) is 6.97. The number of hydrogen-bond acceptors (Lipinski definition) is 1. The van der Waals surface area contributed by atoms with E-state index in [0.29, 0.717) is 5.92 Å². The molecule has 0 aromatic heterocycles. The predicted molar refractivity (Wildman–Crippen MR) is 40.5 cm³/mol. The summed E-state index contributed by atoms with van der Waals surface area (Å²) in [5.74, 6) is 1.93. The molecule has 2 aliphatic rings. The summed E-state index contributed by atoms with van der Waals surface area (Å²) in [6, 6.07) is 0. The molecular weight excluding hydrogens is 124 g/mol. The third-order valence-corrected chi connectivity index (χ3v) is 2.23. The van der Waals surface area contributed by atoms with Crippen LogP contribution in [0.5, 0.6) is 0 Å². The fraction of sp³-hybridized carbons (Fsp3) is 0.556. The molecular formula is C9H12O. The molecule has 0 aromatic rings. The first-order valence-electron chi connectivity index (χ1n) is 3.87. The lowest BCUT2D eigenvalue weighted by Crippen LogP contribution is -2.00. The number of allylic oxidation sites excluding steroid dienone is 4. The van der Waals surface area contributed by atoms with Gasteiger partial charge >= 0.3 is 0 Å². The first-order chi connectivity index (χ1) is 4.86. The van der Waals surface area contributed by atoms with Gasteiger partial charge in [0.1, 0.15) is 0 Å². The van der Waals surface area contributed by atoms with E-state index in [1.54, 1.807) is 0 Å². The lowest BCUT2D eigenvalue weighted by atomic mass is 9.95. The van der Waals surface area contributed by atoms with Crippen LogP contribution in [0.3, 0.4) is 0 Å². The zero-order valence-corrected chi connectivity index (χ0v) is 6.26. The molecule has 2 rings (SSSR count). The molecule has 0 spiro atoms. The normalized spacial score (nSPS) is 30.3. The van der Waals surface area contributed by atoms with Gasteiger partial charge in [0.25, 0.3) is 0 Å². The molecule has 1 unspecified atom stereocenters. The fourth-order valence-electron chi connectivity index (χ4n) is 1.58. The van der Waals surface area contributed by atoms with Crippen LogP contribution in [0.25, 0.3) is 0 Å². The summed E-state index contributed by atoms with van der Waals surface area (Å²) >= 11 is 0. The molecule has 54 valence electrons. The van der Waals surface area contributed by atoms with Crippen LogP contribution in [0.4, 0.5) is 0 Å². The van der Waals surface area contributed by atoms with Crippen LogP contribution in [0.2, 0.25) is 0 Å². The lowest BCUT2D eigenvalue weighted by molar-refractivity contribution is 0.258. The molecule has 1 aliphatic heterocycles. The van der Waals surface area contributed by atoms with Gasteiger partial charge in [-0.3, -0.25) is 0 Å². The van der Waals surface area contributed by atoms with E-state index in [0.717, 1.165) is 6.61 Å². The number of ether oxygens (including phenoxy) is 1. The van der Waals surface area contributed by atoms with Crippen molar-refractivity contribution in [3.8, 4) is 0 Å². The molecule has 1 heterocycles. The molecule has 0 radical (unpaired) electrons. The third kappa shape index (κ3) is 0.859. The second-order valence-corrected chi connectivity index (χ2v) is 3.06. The molecule has 1 aliphatic carbocycles. The first-order valence-corrected chi connectivity index (χ1v) is 3.87. The summed E-state index contributed by atoms with van der Waals surface area (Å²) in [5.41, 5.74) is 1.35. The van der Waals surface area contributed by atoms with Crippen molar-refractivity contribution in [2.45, 2.75) is 19.8 Å². The van der Waals surface area contributed by atoms with E-state index >= 15 is 0 Å². The van der Waals surface area contributed by atoms with Gasteiger partial charge < -0.3 is 4.74 Å². The smallest absolute Gasteiger partial charge is 0.0997 e. The molecule has 1 nitrogen and oxygen atoms in total. The van der Waals surface area contributed by atoms with E-state index in [2.05, 4.69) is 19.1 Å². The number of rotatable bonds is 0. The minimum atomic E-state index is 0.712. The van der Waals surface area contributed by atoms with Gasteiger partial charge in [0, 0.05) is 5.92 Å². The van der Waals surface area contributed by atoms with Crippen molar-refractivity contribution >= 4 is 0 Å². The minimum absolute atomic E-state index is 0.712. The van der Waals surface area contributed by atoms with Gasteiger partial charge in [-0.05, 0) is 25.8 Å². The highest BCUT2D eigenvalue weighted by atomic mass is 16.5. The highest BCUT2D eigenvalue weighted by Crippen LogP contribution is 2.32. The highest BCUT2D eigenvalue weighted by molar-refractivity contribution is 5.26. The van der Waals surface area contributed by atoms with Gasteiger partial charge in [-0.15, -0.1) is 0 Å². The van der Waals surface area contributed by atoms with Crippen molar-refractivity contribution in [1.29, 1.82) is 0 Å². The Labute approximate surface area is 61.4 Å². The molecule has 1 heteroatoms. The van der Waals surface area contributed by atoms with Crippen LogP contribution in [0.1, 0.15) is 19.8 Å². The summed E-state index contributed by atoms with van der Waals surface area (Å²) in [4.78, 5) is 0. The van der Waals surface area contributed by atoms with Crippen LogP contribution in [-0.2, 0) is 4.74 Å². The summed E-state index contributed by atoms with van der Waals surface area (Å²) < 4.78 is 5.45. The molecule has 1 fully saturated rings. The van der Waals surface area contributed by atoms with Crippen LogP contribution in [0.15, 0.2) is 23.5 Å². The Balaban J connectivity index is 2.24. The van der Waals surface area contributed by atoms with Gasteiger partial charge in [0.05, 0.1) is 12.4 Å². The average molecular weight is 136 g/mol. The van der Waals surface area contributed by atoms with Gasteiger partial charge in [-0.2, -0.15) is 0 Å². The SMILES string of the molecule is CC1=CCC2CCOC2=C1. The van der Waals surface area contributed by atoms with E-state index in [9.17, 15) is 0 Å². The lowest BCUT2D eigenvalue weighted by Gasteiger charge is -2.12. The number of fused-ring (bicyclic) bond motifs is 1. The van der Waals surface area contributed by atoms with Crippen molar-refractivity contribution < 1.29 is 4.74 Å². The molecule has 0 bridgehead atoms. The molecule has 0 N–H and O–H groups in total. The Morgan fingerprint density at radius 1 is 1.60 bits per heavy atom. The van der Waals surface area contributed by atoms with Crippen LogP contribution < -0.4 is 0 Å². The minimum Gasteiger partial charge on any atom is -0.498 e. The van der Waals surface area contributed by atoms with Gasteiger partial charge in [0.2, 0.25) is 0 Å². The summed E-state index contributed by atoms with van der Waals surface area (Å²) in [6.45, 7) is 3.06. The predicted octanol–water partition coefficient (Wildman–Crippen LogP) is 2.26. The maximum atomic E-state index is 5.45. The van der Waals surface area contributed by atoms with Crippen molar-refractivity contribution in [1.82, 2.24) is 0 Å². The Hall–Kier alpha value is -0.720. The van der Waals surface area contributed by atoms with Crippen molar-refractivity contribution in [2.75, 3.05) is 6.61 Å². The second-order valence-electron chi connectivity index (χ2n) is 3.06. The van der Waals surface area contributed by atoms with Gasteiger partial charge in [-0.25, -0.2) is 0 Å². The fourth-order valence-corrected chi connectivity index (χ4v) is 1.58. The molecule has 1 atom stereocenters. The van der Waals surface area contributed by atoms with Crippen LogP contribution in [-0.4, -0.2) is 6.61 Å². The Bertz CT molecular complexity index is 201. The van der Waals surface area contributed by atoms with E-state index in [1.807, 2.05) is 0 Å². The van der Waals surface area contributed by atoms with Crippen molar-refractivity contribution in [3.05, 3.63) is 23.5 Å². The maximum absolute atomic E-state index is 5.45. The second kappa shape index (κ2) is 2.15. The molecule has 10 heavy (non-hydrogen) atoms.